The van der Waals surface area contributed by atoms with Crippen molar-refractivity contribution >= 4 is 39.2 Å². The number of carbonyl (C=O) groups is 2. The number of esters is 1. The van der Waals surface area contributed by atoms with Crippen LogP contribution >= 0.6 is 0 Å². The predicted molar refractivity (Wildman–Crippen MR) is 106 cm³/mol. The predicted octanol–water partition coefficient (Wildman–Crippen LogP) is 4.51. The second-order valence-electron chi connectivity index (χ2n) is 6.31. The van der Waals surface area contributed by atoms with Crippen molar-refractivity contribution in [3.63, 3.8) is 0 Å². The molecule has 0 radical (unpaired) electrons. The van der Waals surface area contributed by atoms with E-state index in [9.17, 15) is 9.59 Å². The Hall–Kier alpha value is -3.60. The number of amides is 1. The highest BCUT2D eigenvalue weighted by Crippen LogP contribution is 2.23. The highest BCUT2D eigenvalue weighted by molar-refractivity contribution is 6.07. The van der Waals surface area contributed by atoms with E-state index in [0.29, 0.717) is 11.3 Å². The molecule has 1 aromatic heterocycles. The quantitative estimate of drug-likeness (QED) is 0.528. The first-order chi connectivity index (χ1) is 13.1. The first-order valence-corrected chi connectivity index (χ1v) is 8.69. The Kier molecular flexibility index (Phi) is 4.34. The molecule has 134 valence electrons. The third-order valence-corrected chi connectivity index (χ3v) is 4.51. The third kappa shape index (κ3) is 3.27. The molecule has 0 aliphatic carbocycles. The van der Waals surface area contributed by atoms with Crippen molar-refractivity contribution in [2.75, 3.05) is 5.32 Å². The van der Waals surface area contributed by atoms with Crippen molar-refractivity contribution in [3.05, 3.63) is 78.5 Å². The minimum absolute atomic E-state index is 0.375. The van der Waals surface area contributed by atoms with E-state index in [2.05, 4.69) is 10.3 Å². The van der Waals surface area contributed by atoms with Gasteiger partial charge in [0.25, 0.3) is 5.91 Å². The normalized spacial score (nSPS) is 12.0. The number of fused-ring (bicyclic) bond motifs is 2. The Morgan fingerprint density at radius 3 is 2.48 bits per heavy atom. The molecule has 4 rings (SSSR count). The van der Waals surface area contributed by atoms with Gasteiger partial charge >= 0.3 is 5.97 Å². The van der Waals surface area contributed by atoms with Crippen molar-refractivity contribution in [3.8, 4) is 0 Å². The molecule has 0 aliphatic rings. The van der Waals surface area contributed by atoms with E-state index >= 15 is 0 Å². The van der Waals surface area contributed by atoms with Gasteiger partial charge in [-0.2, -0.15) is 0 Å². The summed E-state index contributed by atoms with van der Waals surface area (Å²) in [6, 6.07) is 20.9. The van der Waals surface area contributed by atoms with Crippen LogP contribution in [-0.4, -0.2) is 23.0 Å². The summed E-state index contributed by atoms with van der Waals surface area (Å²) in [5.74, 6) is -0.910. The first kappa shape index (κ1) is 16.8. The molecule has 1 atom stereocenters. The van der Waals surface area contributed by atoms with E-state index in [4.69, 9.17) is 4.74 Å². The standard InChI is InChI=1S/C22H18N2O3/c1-14(27-22(26)18-13-23-19-11-5-4-10-17(18)19)21(25)24-20-12-6-8-15-7-2-3-9-16(15)20/h2-14,23H,1H3,(H,24,25). The molecule has 27 heavy (non-hydrogen) atoms. The van der Waals surface area contributed by atoms with E-state index in [1.54, 1.807) is 13.1 Å². The Balaban J connectivity index is 1.50. The summed E-state index contributed by atoms with van der Waals surface area (Å²) < 4.78 is 5.38. The van der Waals surface area contributed by atoms with E-state index < -0.39 is 12.1 Å². The zero-order valence-corrected chi connectivity index (χ0v) is 14.7. The molecule has 5 nitrogen and oxygen atoms in total. The van der Waals surface area contributed by atoms with Crippen LogP contribution in [0.2, 0.25) is 0 Å². The molecule has 1 heterocycles. The third-order valence-electron chi connectivity index (χ3n) is 4.51. The number of carbonyl (C=O) groups excluding carboxylic acids is 2. The molecule has 1 unspecified atom stereocenters. The maximum absolute atomic E-state index is 12.5. The zero-order valence-electron chi connectivity index (χ0n) is 14.7. The number of benzene rings is 3. The van der Waals surface area contributed by atoms with Crippen LogP contribution in [0, 0.1) is 0 Å². The second-order valence-corrected chi connectivity index (χ2v) is 6.31. The summed E-state index contributed by atoms with van der Waals surface area (Å²) in [6.45, 7) is 1.56. The van der Waals surface area contributed by atoms with Gasteiger partial charge in [0, 0.05) is 28.2 Å². The summed E-state index contributed by atoms with van der Waals surface area (Å²) in [5.41, 5.74) is 1.95. The molecule has 0 aliphatic heterocycles. The molecule has 2 N–H and O–H groups in total. The van der Waals surface area contributed by atoms with Crippen molar-refractivity contribution in [2.45, 2.75) is 13.0 Å². The van der Waals surface area contributed by atoms with Gasteiger partial charge in [-0.3, -0.25) is 4.79 Å². The van der Waals surface area contributed by atoms with Crippen LogP contribution in [0.5, 0.6) is 0 Å². The highest BCUT2D eigenvalue weighted by Gasteiger charge is 2.21. The van der Waals surface area contributed by atoms with E-state index in [1.807, 2.05) is 66.7 Å². The summed E-state index contributed by atoms with van der Waals surface area (Å²) in [4.78, 5) is 28.0. The second kappa shape index (κ2) is 6.96. The zero-order chi connectivity index (χ0) is 18.8. The maximum atomic E-state index is 12.5. The summed E-state index contributed by atoms with van der Waals surface area (Å²) >= 11 is 0. The Morgan fingerprint density at radius 1 is 0.926 bits per heavy atom. The fourth-order valence-electron chi connectivity index (χ4n) is 3.09. The van der Waals surface area contributed by atoms with Crippen LogP contribution < -0.4 is 5.32 Å². The molecule has 4 aromatic rings. The summed E-state index contributed by atoms with van der Waals surface area (Å²) in [5, 5.41) is 5.58. The molecule has 0 bridgehead atoms. The lowest BCUT2D eigenvalue weighted by Gasteiger charge is -2.14. The van der Waals surface area contributed by atoms with Crippen molar-refractivity contribution in [1.29, 1.82) is 0 Å². The van der Waals surface area contributed by atoms with Crippen LogP contribution in [-0.2, 0) is 9.53 Å². The molecule has 0 fully saturated rings. The van der Waals surface area contributed by atoms with Gasteiger partial charge in [-0.25, -0.2) is 4.79 Å². The smallest absolute Gasteiger partial charge is 0.341 e. The molecule has 5 heteroatoms. The van der Waals surface area contributed by atoms with Crippen LogP contribution in [0.1, 0.15) is 17.3 Å². The average molecular weight is 358 g/mol. The number of para-hydroxylation sites is 1. The van der Waals surface area contributed by atoms with E-state index in [0.717, 1.165) is 21.7 Å². The molecule has 3 aromatic carbocycles. The van der Waals surface area contributed by atoms with Gasteiger partial charge in [0.1, 0.15) is 0 Å². The van der Waals surface area contributed by atoms with Gasteiger partial charge in [0.05, 0.1) is 5.56 Å². The number of ether oxygens (including phenoxy) is 1. The lowest BCUT2D eigenvalue weighted by atomic mass is 10.1. The van der Waals surface area contributed by atoms with Crippen LogP contribution in [0.25, 0.3) is 21.7 Å². The topological polar surface area (TPSA) is 71.2 Å². The maximum Gasteiger partial charge on any atom is 0.341 e. The molecular formula is C22H18N2O3. The largest absolute Gasteiger partial charge is 0.449 e. The number of anilines is 1. The fourth-order valence-corrected chi connectivity index (χ4v) is 3.09. The van der Waals surface area contributed by atoms with Gasteiger partial charge in [-0.05, 0) is 24.4 Å². The molecule has 0 spiro atoms. The Morgan fingerprint density at radius 2 is 1.63 bits per heavy atom. The van der Waals surface area contributed by atoms with Crippen molar-refractivity contribution in [2.24, 2.45) is 0 Å². The summed E-state index contributed by atoms with van der Waals surface area (Å²) in [7, 11) is 0. The minimum Gasteiger partial charge on any atom is -0.449 e. The van der Waals surface area contributed by atoms with Gasteiger partial charge in [-0.15, -0.1) is 0 Å². The van der Waals surface area contributed by atoms with Crippen molar-refractivity contribution in [1.82, 2.24) is 4.98 Å². The van der Waals surface area contributed by atoms with Crippen LogP contribution in [0.4, 0.5) is 5.69 Å². The lowest BCUT2D eigenvalue weighted by Crippen LogP contribution is -2.30. The Labute approximate surface area is 156 Å². The number of hydrogen-bond acceptors (Lipinski definition) is 3. The average Bonchev–Trinajstić information content (AvgIpc) is 3.12. The van der Waals surface area contributed by atoms with Crippen LogP contribution in [0.15, 0.2) is 72.9 Å². The van der Waals surface area contributed by atoms with Gasteiger partial charge in [-0.1, -0.05) is 54.6 Å². The molecule has 0 saturated heterocycles. The number of hydrogen-bond donors (Lipinski definition) is 2. The lowest BCUT2D eigenvalue weighted by molar-refractivity contribution is -0.123. The Bertz CT molecular complexity index is 1140. The van der Waals surface area contributed by atoms with Gasteiger partial charge < -0.3 is 15.0 Å². The van der Waals surface area contributed by atoms with Gasteiger partial charge in [0.15, 0.2) is 6.10 Å². The van der Waals surface area contributed by atoms with Gasteiger partial charge in [0.2, 0.25) is 0 Å². The fraction of sp³-hybridized carbons (Fsp3) is 0.0909. The SMILES string of the molecule is CC(OC(=O)c1c[nH]c2ccccc12)C(=O)Nc1cccc2ccccc12. The number of nitrogens with one attached hydrogen (secondary N) is 2. The minimum atomic E-state index is -0.926. The first-order valence-electron chi connectivity index (χ1n) is 8.69. The molecule has 0 saturated carbocycles. The van der Waals surface area contributed by atoms with E-state index in [-0.39, 0.29) is 5.91 Å². The number of H-pyrrole nitrogens is 1. The van der Waals surface area contributed by atoms with Crippen molar-refractivity contribution < 1.29 is 14.3 Å². The molecule has 1 amide bonds. The highest BCUT2D eigenvalue weighted by atomic mass is 16.5. The number of rotatable bonds is 4. The van der Waals surface area contributed by atoms with Crippen LogP contribution in [0.3, 0.4) is 0 Å². The van der Waals surface area contributed by atoms with E-state index in [1.165, 1.54) is 0 Å². The molecular weight excluding hydrogens is 340 g/mol. The summed E-state index contributed by atoms with van der Waals surface area (Å²) in [6.07, 6.45) is 0.674. The monoisotopic (exact) mass is 358 g/mol. The number of aromatic nitrogens is 1. The number of aromatic amines is 1.